The Morgan fingerprint density at radius 3 is 1.18 bits per heavy atom. The predicted octanol–water partition coefficient (Wildman–Crippen LogP) is 16.3. The molecule has 0 saturated carbocycles. The van der Waals surface area contributed by atoms with E-state index in [9.17, 15) is 14.4 Å². The number of rotatable bonds is 44. The van der Waals surface area contributed by atoms with E-state index in [1.807, 2.05) is 6.08 Å². The molecule has 0 heterocycles. The molecular formula is C54H92O6. The lowest BCUT2D eigenvalue weighted by atomic mass is 10.1. The first-order valence-corrected chi connectivity index (χ1v) is 25.0. The lowest BCUT2D eigenvalue weighted by Gasteiger charge is -2.18. The maximum Gasteiger partial charge on any atom is 0.306 e. The normalized spacial score (nSPS) is 12.7. The number of carbonyl (C=O) groups is 3. The van der Waals surface area contributed by atoms with Gasteiger partial charge in [0.05, 0.1) is 0 Å². The van der Waals surface area contributed by atoms with Gasteiger partial charge in [0.2, 0.25) is 0 Å². The molecule has 0 aromatic carbocycles. The van der Waals surface area contributed by atoms with Crippen LogP contribution in [0, 0.1) is 0 Å². The van der Waals surface area contributed by atoms with Crippen LogP contribution in [0.1, 0.15) is 233 Å². The zero-order valence-corrected chi connectivity index (χ0v) is 39.2. The van der Waals surface area contributed by atoms with Crippen molar-refractivity contribution in [2.45, 2.75) is 239 Å². The van der Waals surface area contributed by atoms with E-state index in [0.717, 1.165) is 89.9 Å². The van der Waals surface area contributed by atoms with Gasteiger partial charge < -0.3 is 14.2 Å². The Morgan fingerprint density at radius 1 is 0.350 bits per heavy atom. The largest absolute Gasteiger partial charge is 0.462 e. The van der Waals surface area contributed by atoms with Crippen LogP contribution in [-0.2, 0) is 28.6 Å². The molecule has 0 aromatic heterocycles. The van der Waals surface area contributed by atoms with Gasteiger partial charge in [-0.25, -0.2) is 0 Å². The van der Waals surface area contributed by atoms with Crippen molar-refractivity contribution in [1.29, 1.82) is 0 Å². The highest BCUT2D eigenvalue weighted by Gasteiger charge is 2.19. The molecule has 0 aliphatic carbocycles. The minimum absolute atomic E-state index is 0.110. The van der Waals surface area contributed by atoms with E-state index >= 15 is 0 Å². The summed E-state index contributed by atoms with van der Waals surface area (Å²) < 4.78 is 16.7. The Morgan fingerprint density at radius 2 is 0.717 bits per heavy atom. The van der Waals surface area contributed by atoms with Crippen molar-refractivity contribution in [3.63, 3.8) is 0 Å². The minimum Gasteiger partial charge on any atom is -0.462 e. The maximum atomic E-state index is 12.7. The zero-order valence-electron chi connectivity index (χ0n) is 39.2. The zero-order chi connectivity index (χ0) is 43.7. The summed E-state index contributed by atoms with van der Waals surface area (Å²) in [5.41, 5.74) is 0. The van der Waals surface area contributed by atoms with Gasteiger partial charge in [-0.2, -0.15) is 0 Å². The van der Waals surface area contributed by atoms with E-state index in [0.29, 0.717) is 19.3 Å². The van der Waals surface area contributed by atoms with Gasteiger partial charge in [-0.3, -0.25) is 14.4 Å². The average molecular weight is 837 g/mol. The summed E-state index contributed by atoms with van der Waals surface area (Å²) in [5.74, 6) is -1.01. The van der Waals surface area contributed by atoms with Crippen LogP contribution >= 0.6 is 0 Å². The molecule has 60 heavy (non-hydrogen) atoms. The predicted molar refractivity (Wildman–Crippen MR) is 256 cm³/mol. The van der Waals surface area contributed by atoms with Gasteiger partial charge in [0, 0.05) is 19.3 Å². The summed E-state index contributed by atoms with van der Waals surface area (Å²) in [6.45, 7) is 6.49. The van der Waals surface area contributed by atoms with Crippen molar-refractivity contribution in [2.24, 2.45) is 0 Å². The molecule has 6 nitrogen and oxygen atoms in total. The number of unbranched alkanes of at least 4 members (excludes halogenated alkanes) is 23. The first-order chi connectivity index (χ1) is 29.5. The Labute approximate surface area is 370 Å². The molecule has 0 aliphatic heterocycles. The fourth-order valence-corrected chi connectivity index (χ4v) is 6.65. The molecule has 6 heteroatoms. The second-order valence-electron chi connectivity index (χ2n) is 16.4. The second kappa shape index (κ2) is 48.5. The van der Waals surface area contributed by atoms with Crippen LogP contribution in [0.4, 0.5) is 0 Å². The Hall–Kier alpha value is -3.15. The fourth-order valence-electron chi connectivity index (χ4n) is 6.65. The monoisotopic (exact) mass is 837 g/mol. The Balaban J connectivity index is 4.47. The highest BCUT2D eigenvalue weighted by atomic mass is 16.6. The van der Waals surface area contributed by atoms with Crippen LogP contribution in [0.2, 0.25) is 0 Å². The van der Waals surface area contributed by atoms with E-state index in [2.05, 4.69) is 87.6 Å². The van der Waals surface area contributed by atoms with Crippen molar-refractivity contribution in [2.75, 3.05) is 13.2 Å². The third-order valence-electron chi connectivity index (χ3n) is 10.5. The molecule has 0 N–H and O–H groups in total. The summed E-state index contributed by atoms with van der Waals surface area (Å²) in [5, 5.41) is 0. The average Bonchev–Trinajstić information content (AvgIpc) is 3.24. The molecule has 0 aromatic rings. The Bertz CT molecular complexity index is 1140. The number of hydrogen-bond donors (Lipinski definition) is 0. The van der Waals surface area contributed by atoms with E-state index in [-0.39, 0.29) is 37.5 Å². The van der Waals surface area contributed by atoms with E-state index in [4.69, 9.17) is 14.2 Å². The van der Waals surface area contributed by atoms with Crippen LogP contribution in [0.15, 0.2) is 72.9 Å². The van der Waals surface area contributed by atoms with Crippen molar-refractivity contribution < 1.29 is 28.6 Å². The Kier molecular flexibility index (Phi) is 46.0. The van der Waals surface area contributed by atoms with Gasteiger partial charge >= 0.3 is 17.9 Å². The number of allylic oxidation sites excluding steroid dienone is 12. The van der Waals surface area contributed by atoms with Crippen LogP contribution in [0.3, 0.4) is 0 Å². The van der Waals surface area contributed by atoms with Crippen molar-refractivity contribution in [3.8, 4) is 0 Å². The number of carbonyl (C=O) groups excluding carboxylic acids is 3. The molecule has 0 aliphatic rings. The van der Waals surface area contributed by atoms with Gasteiger partial charge in [0.1, 0.15) is 13.2 Å². The highest BCUT2D eigenvalue weighted by Crippen LogP contribution is 2.12. The van der Waals surface area contributed by atoms with E-state index in [1.54, 1.807) is 0 Å². The minimum atomic E-state index is -0.816. The summed E-state index contributed by atoms with van der Waals surface area (Å²) in [6, 6.07) is 0. The van der Waals surface area contributed by atoms with Crippen molar-refractivity contribution >= 4 is 17.9 Å². The molecule has 1 atom stereocenters. The molecule has 0 radical (unpaired) electrons. The van der Waals surface area contributed by atoms with Gasteiger partial charge in [0.15, 0.2) is 6.10 Å². The quantitative estimate of drug-likeness (QED) is 0.0200. The summed E-state index contributed by atoms with van der Waals surface area (Å²) in [6.07, 6.45) is 60.4. The van der Waals surface area contributed by atoms with Crippen LogP contribution in [0.25, 0.3) is 0 Å². The van der Waals surface area contributed by atoms with Crippen molar-refractivity contribution in [3.05, 3.63) is 72.9 Å². The molecular weight excluding hydrogens is 745 g/mol. The number of hydrogen-bond acceptors (Lipinski definition) is 6. The molecule has 0 spiro atoms. The number of ether oxygens (including phenoxy) is 3. The van der Waals surface area contributed by atoms with Gasteiger partial charge in [-0.15, -0.1) is 0 Å². The lowest BCUT2D eigenvalue weighted by Crippen LogP contribution is -2.30. The highest BCUT2D eigenvalue weighted by molar-refractivity contribution is 5.71. The summed E-state index contributed by atoms with van der Waals surface area (Å²) in [4.78, 5) is 37.8. The van der Waals surface area contributed by atoms with Gasteiger partial charge in [-0.1, -0.05) is 203 Å². The van der Waals surface area contributed by atoms with Crippen molar-refractivity contribution in [1.82, 2.24) is 0 Å². The first kappa shape index (κ1) is 56.9. The molecule has 0 rings (SSSR count). The molecule has 0 fully saturated rings. The van der Waals surface area contributed by atoms with Crippen LogP contribution in [0.5, 0.6) is 0 Å². The standard InChI is InChI=1S/C54H92O6/c1-4-7-10-13-16-19-22-24-25-26-27-28-30-32-35-38-41-44-47-53(56)59-50-51(49-58-52(55)46-43-40-37-34-31-21-18-15-12-9-6-3)60-54(57)48-45-42-39-36-33-29-23-20-17-14-11-8-5-2/h15,18,22,24-29,33,39,42,51H,4-14,16-17,19-21,23,30-32,34-38,40-41,43-50H2,1-3H3/b18-15-,24-22-,26-25-,28-27-,33-29-,42-39-. The molecule has 0 bridgehead atoms. The molecule has 0 amide bonds. The van der Waals surface area contributed by atoms with E-state index < -0.39 is 6.10 Å². The smallest absolute Gasteiger partial charge is 0.306 e. The topological polar surface area (TPSA) is 78.9 Å². The fraction of sp³-hybridized carbons (Fsp3) is 0.722. The molecule has 344 valence electrons. The first-order valence-electron chi connectivity index (χ1n) is 25.0. The third kappa shape index (κ3) is 45.9. The van der Waals surface area contributed by atoms with E-state index in [1.165, 1.54) is 96.3 Å². The summed E-state index contributed by atoms with van der Waals surface area (Å²) in [7, 11) is 0. The van der Waals surface area contributed by atoms with Gasteiger partial charge in [-0.05, 0) is 83.5 Å². The molecule has 1 unspecified atom stereocenters. The maximum absolute atomic E-state index is 12.7. The second-order valence-corrected chi connectivity index (χ2v) is 16.4. The molecule has 0 saturated heterocycles. The lowest BCUT2D eigenvalue weighted by molar-refractivity contribution is -0.166. The number of esters is 3. The van der Waals surface area contributed by atoms with Crippen LogP contribution < -0.4 is 0 Å². The van der Waals surface area contributed by atoms with Crippen LogP contribution in [-0.4, -0.2) is 37.2 Å². The third-order valence-corrected chi connectivity index (χ3v) is 10.5. The summed E-state index contributed by atoms with van der Waals surface area (Å²) >= 11 is 0. The van der Waals surface area contributed by atoms with Gasteiger partial charge in [0.25, 0.3) is 0 Å². The SMILES string of the molecule is CCCC/C=C\CCCCCCCC(=O)OCC(COC(=O)CCCCCCC\C=C/C=C\C=C/CCCCCCC)OC(=O)CC/C=C\C/C=C\CCCCCCCC.